The number of thiophene rings is 1. The lowest BCUT2D eigenvalue weighted by atomic mass is 9.87. The average Bonchev–Trinajstić information content (AvgIpc) is 3.10. The minimum absolute atomic E-state index is 0.150. The maximum atomic E-state index is 13.1. The molecule has 132 valence electrons. The molecule has 2 aromatic rings. The van der Waals surface area contributed by atoms with E-state index in [9.17, 15) is 14.9 Å². The Labute approximate surface area is 156 Å². The molecule has 0 N–H and O–H groups in total. The monoisotopic (exact) mass is 365 g/mol. The highest BCUT2D eigenvalue weighted by Gasteiger charge is 2.48. The third-order valence-electron chi connectivity index (χ3n) is 4.89. The van der Waals surface area contributed by atoms with Crippen LogP contribution in [0, 0.1) is 11.3 Å². The minimum atomic E-state index is -0.961. The van der Waals surface area contributed by atoms with E-state index >= 15 is 0 Å². The molecule has 0 saturated carbocycles. The number of hydrogen-bond donors (Lipinski definition) is 0. The van der Waals surface area contributed by atoms with Gasteiger partial charge in [-0.15, -0.1) is 0 Å². The van der Waals surface area contributed by atoms with E-state index in [2.05, 4.69) is 6.07 Å². The molecule has 2 amide bonds. The lowest BCUT2D eigenvalue weighted by Crippen LogP contribution is -2.64. The highest BCUT2D eigenvalue weighted by atomic mass is 32.1. The minimum Gasteiger partial charge on any atom is -0.326 e. The van der Waals surface area contributed by atoms with Crippen LogP contribution in [0.2, 0.25) is 0 Å². The van der Waals surface area contributed by atoms with Crippen molar-refractivity contribution in [1.82, 2.24) is 9.80 Å². The first-order valence-electron chi connectivity index (χ1n) is 8.16. The van der Waals surface area contributed by atoms with Crippen molar-refractivity contribution >= 4 is 29.2 Å². The Morgan fingerprint density at radius 3 is 2.54 bits per heavy atom. The molecule has 0 radical (unpaired) electrons. The number of amides is 2. The smallest absolute Gasteiger partial charge is 0.271 e. The van der Waals surface area contributed by atoms with Crippen LogP contribution in [-0.4, -0.2) is 41.2 Å². The second-order valence-corrected chi connectivity index (χ2v) is 7.29. The molecule has 0 spiro atoms. The van der Waals surface area contributed by atoms with Crippen molar-refractivity contribution < 1.29 is 9.59 Å². The molecule has 2 heterocycles. The van der Waals surface area contributed by atoms with Crippen LogP contribution in [-0.2, 0) is 16.0 Å². The van der Waals surface area contributed by atoms with Crippen molar-refractivity contribution in [3.05, 3.63) is 63.5 Å². The molecule has 3 rings (SSSR count). The zero-order valence-corrected chi connectivity index (χ0v) is 15.7. The van der Waals surface area contributed by atoms with E-state index in [0.717, 1.165) is 5.56 Å². The van der Waals surface area contributed by atoms with Gasteiger partial charge in [-0.3, -0.25) is 9.59 Å². The molecule has 1 aromatic carbocycles. The van der Waals surface area contributed by atoms with E-state index in [4.69, 9.17) is 0 Å². The zero-order valence-electron chi connectivity index (χ0n) is 14.9. The fourth-order valence-electron chi connectivity index (χ4n) is 3.16. The van der Waals surface area contributed by atoms with Crippen LogP contribution in [0.1, 0.15) is 23.6 Å². The Bertz CT molecular complexity index is 926. The highest BCUT2D eigenvalue weighted by Crippen LogP contribution is 2.31. The third-order valence-corrected chi connectivity index (χ3v) is 5.65. The lowest BCUT2D eigenvalue weighted by molar-refractivity contribution is -0.155. The summed E-state index contributed by atoms with van der Waals surface area (Å²) in [6, 6.07) is 11.8. The Morgan fingerprint density at radius 2 is 1.88 bits per heavy atom. The lowest BCUT2D eigenvalue weighted by Gasteiger charge is -2.45. The predicted molar refractivity (Wildman–Crippen MR) is 101 cm³/mol. The molecular formula is C20H19N3O2S. The number of rotatable bonds is 3. The summed E-state index contributed by atoms with van der Waals surface area (Å²) in [6.07, 6.45) is 2.06. The van der Waals surface area contributed by atoms with Crippen molar-refractivity contribution in [2.75, 3.05) is 14.1 Å². The van der Waals surface area contributed by atoms with Crippen molar-refractivity contribution in [2.45, 2.75) is 18.9 Å². The standard InChI is InChI=1S/C20H19N3O2S/c1-20(10-14-7-5-4-6-8-14)19(25)22(2)17(18(24)23(20)3)9-15-12-26-13-16(15)11-21/h4-9,12-13H,10H2,1-3H3/b17-9-. The van der Waals surface area contributed by atoms with Gasteiger partial charge in [-0.2, -0.15) is 16.6 Å². The van der Waals surface area contributed by atoms with Gasteiger partial charge in [0.1, 0.15) is 17.3 Å². The third kappa shape index (κ3) is 2.91. The molecule has 26 heavy (non-hydrogen) atoms. The maximum absolute atomic E-state index is 13.1. The molecule has 1 fully saturated rings. The number of carbonyl (C=O) groups is 2. The Balaban J connectivity index is 1.98. The van der Waals surface area contributed by atoms with Crippen LogP contribution in [0.15, 0.2) is 46.8 Å². The first-order chi connectivity index (χ1) is 12.4. The second kappa shape index (κ2) is 6.77. The van der Waals surface area contributed by atoms with E-state index in [1.807, 2.05) is 30.3 Å². The zero-order chi connectivity index (χ0) is 18.9. The Kier molecular flexibility index (Phi) is 4.66. The predicted octanol–water partition coefficient (Wildman–Crippen LogP) is 2.89. The average molecular weight is 365 g/mol. The number of hydrogen-bond acceptors (Lipinski definition) is 4. The van der Waals surface area contributed by atoms with Crippen molar-refractivity contribution in [3.63, 3.8) is 0 Å². The van der Waals surface area contributed by atoms with E-state index in [1.165, 1.54) is 21.1 Å². The van der Waals surface area contributed by atoms with E-state index in [1.54, 1.807) is 37.9 Å². The van der Waals surface area contributed by atoms with Gasteiger partial charge in [-0.25, -0.2) is 0 Å². The van der Waals surface area contributed by atoms with Crippen molar-refractivity contribution in [1.29, 1.82) is 5.26 Å². The summed E-state index contributed by atoms with van der Waals surface area (Å²) < 4.78 is 0. The van der Waals surface area contributed by atoms with Gasteiger partial charge in [0.15, 0.2) is 0 Å². The first-order valence-corrected chi connectivity index (χ1v) is 9.11. The van der Waals surface area contributed by atoms with Crippen LogP contribution in [0.5, 0.6) is 0 Å². The van der Waals surface area contributed by atoms with Gasteiger partial charge in [0, 0.05) is 31.5 Å². The number of nitriles is 1. The summed E-state index contributed by atoms with van der Waals surface area (Å²) in [5.41, 5.74) is 1.46. The van der Waals surface area contributed by atoms with E-state index < -0.39 is 5.54 Å². The topological polar surface area (TPSA) is 64.4 Å². The number of benzene rings is 1. The van der Waals surface area contributed by atoms with E-state index in [0.29, 0.717) is 17.5 Å². The summed E-state index contributed by atoms with van der Waals surface area (Å²) >= 11 is 1.39. The van der Waals surface area contributed by atoms with Crippen molar-refractivity contribution in [2.24, 2.45) is 0 Å². The number of likely N-dealkylation sites (N-methyl/N-ethyl adjacent to an activating group) is 2. The Morgan fingerprint density at radius 1 is 1.19 bits per heavy atom. The molecule has 5 nitrogen and oxygen atoms in total. The van der Waals surface area contributed by atoms with Gasteiger partial charge in [-0.1, -0.05) is 30.3 Å². The first kappa shape index (κ1) is 17.9. The summed E-state index contributed by atoms with van der Waals surface area (Å²) in [6.45, 7) is 1.79. The normalized spacial score (nSPS) is 22.0. The maximum Gasteiger partial charge on any atom is 0.271 e. The molecule has 1 aliphatic rings. The molecule has 6 heteroatoms. The van der Waals surface area contributed by atoms with Gasteiger partial charge in [-0.05, 0) is 23.9 Å². The molecule has 1 atom stereocenters. The molecule has 1 unspecified atom stereocenters. The Hall–Kier alpha value is -2.91. The van der Waals surface area contributed by atoms with Crippen LogP contribution in [0.4, 0.5) is 0 Å². The summed E-state index contributed by atoms with van der Waals surface area (Å²) in [5, 5.41) is 12.7. The number of piperazine rings is 1. The summed E-state index contributed by atoms with van der Waals surface area (Å²) in [4.78, 5) is 29.0. The summed E-state index contributed by atoms with van der Waals surface area (Å²) in [5.74, 6) is -0.385. The SMILES string of the molecule is CN1C(=O)C(C)(Cc2ccccc2)N(C)C(=O)/C1=C/c1cscc1C#N. The van der Waals surface area contributed by atoms with Crippen molar-refractivity contribution in [3.8, 4) is 6.07 Å². The van der Waals surface area contributed by atoms with Gasteiger partial charge < -0.3 is 9.80 Å². The van der Waals surface area contributed by atoms with Crippen LogP contribution in [0.25, 0.3) is 6.08 Å². The molecule has 1 saturated heterocycles. The molecular weight excluding hydrogens is 346 g/mol. The van der Waals surface area contributed by atoms with Crippen LogP contribution < -0.4 is 0 Å². The quantitative estimate of drug-likeness (QED) is 0.786. The highest BCUT2D eigenvalue weighted by molar-refractivity contribution is 7.08. The fraction of sp³-hybridized carbons (Fsp3) is 0.250. The van der Waals surface area contributed by atoms with Crippen LogP contribution in [0.3, 0.4) is 0 Å². The van der Waals surface area contributed by atoms with E-state index in [-0.39, 0.29) is 17.5 Å². The fourth-order valence-corrected chi connectivity index (χ4v) is 3.89. The number of carbonyl (C=O) groups excluding carboxylic acids is 2. The molecule has 1 aliphatic heterocycles. The molecule has 0 aliphatic carbocycles. The van der Waals surface area contributed by atoms with Gasteiger partial charge in [0.25, 0.3) is 11.8 Å². The van der Waals surface area contributed by atoms with Gasteiger partial charge in [0.2, 0.25) is 0 Å². The number of nitrogens with zero attached hydrogens (tertiary/aromatic N) is 3. The second-order valence-electron chi connectivity index (χ2n) is 6.55. The molecule has 0 bridgehead atoms. The van der Waals surface area contributed by atoms with Gasteiger partial charge in [0.05, 0.1) is 5.56 Å². The van der Waals surface area contributed by atoms with Gasteiger partial charge >= 0.3 is 0 Å². The van der Waals surface area contributed by atoms with Crippen LogP contribution >= 0.6 is 11.3 Å². The molecule has 1 aromatic heterocycles. The largest absolute Gasteiger partial charge is 0.326 e. The summed E-state index contributed by atoms with van der Waals surface area (Å²) in [7, 11) is 3.27.